The van der Waals surface area contributed by atoms with Crippen LogP contribution in [0.4, 0.5) is 0 Å². The molecule has 122 valence electrons. The van der Waals surface area contributed by atoms with Crippen molar-refractivity contribution in [1.82, 2.24) is 5.32 Å². The second-order valence-corrected chi connectivity index (χ2v) is 4.93. The van der Waals surface area contributed by atoms with Crippen molar-refractivity contribution >= 4 is 11.9 Å². The Bertz CT molecular complexity index is 504. The van der Waals surface area contributed by atoms with Crippen molar-refractivity contribution in [1.29, 1.82) is 0 Å². The molecule has 1 amide bonds. The number of hydrogen-bond acceptors (Lipinski definition) is 4. The first kappa shape index (κ1) is 18.0. The summed E-state index contributed by atoms with van der Waals surface area (Å²) in [5.41, 5.74) is 2.01. The van der Waals surface area contributed by atoms with Gasteiger partial charge in [-0.3, -0.25) is 4.79 Å². The molecule has 0 saturated heterocycles. The van der Waals surface area contributed by atoms with Crippen LogP contribution < -0.4 is 10.1 Å². The first-order valence-electron chi connectivity index (χ1n) is 7.27. The number of ether oxygens (including phenoxy) is 2. The number of carbonyl (C=O) groups excluding carboxylic acids is 1. The van der Waals surface area contributed by atoms with Gasteiger partial charge in [0.15, 0.2) is 6.61 Å². The van der Waals surface area contributed by atoms with Crippen LogP contribution in [0.5, 0.6) is 5.75 Å². The number of rotatable bonds is 9. The Kier molecular flexibility index (Phi) is 7.39. The Morgan fingerprint density at radius 3 is 2.41 bits per heavy atom. The summed E-state index contributed by atoms with van der Waals surface area (Å²) in [5, 5.41) is 11.5. The summed E-state index contributed by atoms with van der Waals surface area (Å²) in [4.78, 5) is 22.6. The van der Waals surface area contributed by atoms with Crippen LogP contribution in [-0.2, 0) is 9.53 Å². The Morgan fingerprint density at radius 2 is 1.86 bits per heavy atom. The monoisotopic (exact) mass is 309 g/mol. The number of aryl methyl sites for hydroxylation is 2. The quantitative estimate of drug-likeness (QED) is 0.681. The third kappa shape index (κ3) is 5.73. The summed E-state index contributed by atoms with van der Waals surface area (Å²) < 4.78 is 10.4. The number of hydrogen-bond donors (Lipinski definition) is 2. The van der Waals surface area contributed by atoms with Gasteiger partial charge in [0.1, 0.15) is 5.75 Å². The molecule has 0 aromatic heterocycles. The molecule has 1 aromatic carbocycles. The van der Waals surface area contributed by atoms with E-state index < -0.39 is 12.6 Å². The number of carboxylic acid groups (broad SMARTS) is 1. The summed E-state index contributed by atoms with van der Waals surface area (Å²) in [6, 6.07) is 3.39. The number of aliphatic carboxylic acids is 1. The molecule has 6 heteroatoms. The van der Waals surface area contributed by atoms with Crippen molar-refractivity contribution in [2.75, 3.05) is 26.4 Å². The summed E-state index contributed by atoms with van der Waals surface area (Å²) in [7, 11) is 0. The molecule has 0 aliphatic heterocycles. The fraction of sp³-hybridized carbons (Fsp3) is 0.500. The Hall–Kier alpha value is -2.08. The summed E-state index contributed by atoms with van der Waals surface area (Å²) in [6.45, 7) is 6.95. The first-order chi connectivity index (χ1) is 10.5. The van der Waals surface area contributed by atoms with E-state index in [9.17, 15) is 9.59 Å². The van der Waals surface area contributed by atoms with Gasteiger partial charge in [-0.1, -0.05) is 0 Å². The van der Waals surface area contributed by atoms with Crippen LogP contribution in [0.2, 0.25) is 0 Å². The summed E-state index contributed by atoms with van der Waals surface area (Å²) in [5.74, 6) is -0.683. The number of nitrogens with one attached hydrogen (secondary N) is 1. The molecule has 0 aliphatic rings. The van der Waals surface area contributed by atoms with Gasteiger partial charge in [-0.05, 0) is 50.5 Å². The largest absolute Gasteiger partial charge is 0.481 e. The van der Waals surface area contributed by atoms with E-state index >= 15 is 0 Å². The summed E-state index contributed by atoms with van der Waals surface area (Å²) in [6.07, 6.45) is 0.761. The minimum Gasteiger partial charge on any atom is -0.481 e. The highest BCUT2D eigenvalue weighted by Crippen LogP contribution is 2.24. The maximum Gasteiger partial charge on any atom is 0.341 e. The van der Waals surface area contributed by atoms with Crippen molar-refractivity contribution in [3.63, 3.8) is 0 Å². The molecular formula is C16H23NO5. The van der Waals surface area contributed by atoms with E-state index in [1.165, 1.54) is 0 Å². The minimum atomic E-state index is -1.03. The molecule has 0 fully saturated rings. The van der Waals surface area contributed by atoms with E-state index in [0.29, 0.717) is 31.1 Å². The normalized spacial score (nSPS) is 10.3. The predicted molar refractivity (Wildman–Crippen MR) is 82.5 cm³/mol. The van der Waals surface area contributed by atoms with E-state index in [-0.39, 0.29) is 5.91 Å². The second-order valence-electron chi connectivity index (χ2n) is 4.93. The van der Waals surface area contributed by atoms with E-state index in [1.54, 1.807) is 26.0 Å². The van der Waals surface area contributed by atoms with Crippen LogP contribution in [0.1, 0.15) is 34.8 Å². The van der Waals surface area contributed by atoms with E-state index in [0.717, 1.165) is 17.5 Å². The first-order valence-corrected chi connectivity index (χ1v) is 7.27. The van der Waals surface area contributed by atoms with Gasteiger partial charge in [0.05, 0.1) is 0 Å². The maximum absolute atomic E-state index is 12.1. The van der Waals surface area contributed by atoms with Crippen LogP contribution in [0.3, 0.4) is 0 Å². The molecule has 0 spiro atoms. The standard InChI is InChI=1S/C16H23NO5/c1-4-21-7-5-6-17-16(20)13-8-11(2)15(12(3)9-13)22-10-14(18)19/h8-9H,4-7,10H2,1-3H3,(H,17,20)(H,18,19). The predicted octanol–water partition coefficient (Wildman–Crippen LogP) is 1.92. The third-order valence-corrected chi connectivity index (χ3v) is 3.02. The van der Waals surface area contributed by atoms with Gasteiger partial charge in [-0.2, -0.15) is 0 Å². The topological polar surface area (TPSA) is 84.9 Å². The smallest absolute Gasteiger partial charge is 0.341 e. The molecule has 22 heavy (non-hydrogen) atoms. The molecule has 2 N–H and O–H groups in total. The average molecular weight is 309 g/mol. The van der Waals surface area contributed by atoms with Crippen LogP contribution in [0.15, 0.2) is 12.1 Å². The third-order valence-electron chi connectivity index (χ3n) is 3.02. The van der Waals surface area contributed by atoms with Gasteiger partial charge in [-0.15, -0.1) is 0 Å². The van der Waals surface area contributed by atoms with E-state index in [2.05, 4.69) is 5.32 Å². The van der Waals surface area contributed by atoms with Gasteiger partial charge in [0.2, 0.25) is 0 Å². The highest BCUT2D eigenvalue weighted by Gasteiger charge is 2.12. The molecule has 1 rings (SSSR count). The van der Waals surface area contributed by atoms with Gasteiger partial charge < -0.3 is 19.9 Å². The van der Waals surface area contributed by atoms with Crippen molar-refractivity contribution in [2.45, 2.75) is 27.2 Å². The lowest BCUT2D eigenvalue weighted by Gasteiger charge is -2.13. The lowest BCUT2D eigenvalue weighted by molar-refractivity contribution is -0.139. The van der Waals surface area contributed by atoms with Crippen molar-refractivity contribution in [3.8, 4) is 5.75 Å². The number of amides is 1. The van der Waals surface area contributed by atoms with E-state index in [1.807, 2.05) is 6.92 Å². The van der Waals surface area contributed by atoms with Crippen LogP contribution in [-0.4, -0.2) is 43.3 Å². The molecule has 1 aromatic rings. The van der Waals surface area contributed by atoms with Crippen LogP contribution in [0.25, 0.3) is 0 Å². The van der Waals surface area contributed by atoms with Crippen LogP contribution in [0, 0.1) is 13.8 Å². The highest BCUT2D eigenvalue weighted by atomic mass is 16.5. The molecule has 0 atom stereocenters. The number of carboxylic acids is 1. The van der Waals surface area contributed by atoms with E-state index in [4.69, 9.17) is 14.6 Å². The SMILES string of the molecule is CCOCCCNC(=O)c1cc(C)c(OCC(=O)O)c(C)c1. The average Bonchev–Trinajstić information content (AvgIpc) is 2.45. The van der Waals surface area contributed by atoms with Crippen molar-refractivity contribution in [3.05, 3.63) is 28.8 Å². The molecule has 0 radical (unpaired) electrons. The van der Waals surface area contributed by atoms with Crippen molar-refractivity contribution < 1.29 is 24.2 Å². The fourth-order valence-corrected chi connectivity index (χ4v) is 2.07. The molecule has 0 unspecified atom stereocenters. The molecule has 0 aliphatic carbocycles. The van der Waals surface area contributed by atoms with Gasteiger partial charge in [0, 0.05) is 25.3 Å². The Labute approximate surface area is 130 Å². The second kappa shape index (κ2) is 9.04. The van der Waals surface area contributed by atoms with Gasteiger partial charge in [-0.25, -0.2) is 4.79 Å². The lowest BCUT2D eigenvalue weighted by atomic mass is 10.1. The maximum atomic E-state index is 12.1. The lowest BCUT2D eigenvalue weighted by Crippen LogP contribution is -2.25. The molecular weight excluding hydrogens is 286 g/mol. The zero-order chi connectivity index (χ0) is 16.5. The Balaban J connectivity index is 2.64. The molecule has 0 heterocycles. The highest BCUT2D eigenvalue weighted by molar-refractivity contribution is 5.94. The number of carbonyl (C=O) groups is 2. The van der Waals surface area contributed by atoms with Crippen LogP contribution >= 0.6 is 0 Å². The van der Waals surface area contributed by atoms with Crippen molar-refractivity contribution in [2.24, 2.45) is 0 Å². The van der Waals surface area contributed by atoms with Gasteiger partial charge in [0.25, 0.3) is 5.91 Å². The molecule has 6 nitrogen and oxygen atoms in total. The molecule has 0 bridgehead atoms. The number of benzene rings is 1. The fourth-order valence-electron chi connectivity index (χ4n) is 2.07. The minimum absolute atomic E-state index is 0.160. The van der Waals surface area contributed by atoms with Gasteiger partial charge >= 0.3 is 5.97 Å². The molecule has 0 saturated carbocycles. The zero-order valence-electron chi connectivity index (χ0n) is 13.3. The zero-order valence-corrected chi connectivity index (χ0v) is 13.3. The Morgan fingerprint density at radius 1 is 1.23 bits per heavy atom. The summed E-state index contributed by atoms with van der Waals surface area (Å²) >= 11 is 0.